The summed E-state index contributed by atoms with van der Waals surface area (Å²) in [6.07, 6.45) is 5.72. The van der Waals surface area contributed by atoms with Gasteiger partial charge in [0.15, 0.2) is 0 Å². The SMILES string of the molecule is CCn1c(C)cc(C(=O)NC[C@@H]2CCCO[C@H]2c2nccn2C)c1C. The Morgan fingerprint density at radius 2 is 2.24 bits per heavy atom. The van der Waals surface area contributed by atoms with Crippen molar-refractivity contribution >= 4 is 5.91 Å². The van der Waals surface area contributed by atoms with Crippen molar-refractivity contribution in [3.8, 4) is 0 Å². The highest BCUT2D eigenvalue weighted by molar-refractivity contribution is 5.95. The summed E-state index contributed by atoms with van der Waals surface area (Å²) in [4.78, 5) is 17.1. The van der Waals surface area contributed by atoms with Crippen molar-refractivity contribution < 1.29 is 9.53 Å². The molecule has 0 saturated carbocycles. The molecule has 1 aliphatic heterocycles. The van der Waals surface area contributed by atoms with E-state index in [1.807, 2.05) is 37.7 Å². The second kappa shape index (κ2) is 7.44. The van der Waals surface area contributed by atoms with Crippen molar-refractivity contribution in [2.45, 2.75) is 46.3 Å². The quantitative estimate of drug-likeness (QED) is 0.907. The van der Waals surface area contributed by atoms with Crippen LogP contribution in [0.15, 0.2) is 18.5 Å². The minimum Gasteiger partial charge on any atom is -0.370 e. The third kappa shape index (κ3) is 3.49. The van der Waals surface area contributed by atoms with E-state index >= 15 is 0 Å². The van der Waals surface area contributed by atoms with E-state index in [4.69, 9.17) is 4.74 Å². The fourth-order valence-electron chi connectivity index (χ4n) is 3.83. The van der Waals surface area contributed by atoms with E-state index < -0.39 is 0 Å². The van der Waals surface area contributed by atoms with Gasteiger partial charge in [-0.2, -0.15) is 0 Å². The van der Waals surface area contributed by atoms with Gasteiger partial charge in [0.2, 0.25) is 0 Å². The van der Waals surface area contributed by atoms with E-state index in [2.05, 4.69) is 21.8 Å². The molecule has 0 aliphatic carbocycles. The second-order valence-corrected chi connectivity index (χ2v) is 6.83. The first-order valence-electron chi connectivity index (χ1n) is 9.06. The van der Waals surface area contributed by atoms with E-state index in [-0.39, 0.29) is 17.9 Å². The molecular formula is C19H28N4O2. The number of rotatable bonds is 5. The first-order chi connectivity index (χ1) is 12.0. The number of hydrogen-bond donors (Lipinski definition) is 1. The minimum absolute atomic E-state index is 0.00281. The summed E-state index contributed by atoms with van der Waals surface area (Å²) in [7, 11) is 1.98. The number of nitrogens with one attached hydrogen (secondary N) is 1. The van der Waals surface area contributed by atoms with E-state index in [1.165, 1.54) is 0 Å². The van der Waals surface area contributed by atoms with Gasteiger partial charge in [-0.05, 0) is 39.7 Å². The molecule has 3 rings (SSSR count). The predicted molar refractivity (Wildman–Crippen MR) is 96.5 cm³/mol. The van der Waals surface area contributed by atoms with Crippen LogP contribution in [-0.2, 0) is 18.3 Å². The van der Waals surface area contributed by atoms with Crippen molar-refractivity contribution in [2.75, 3.05) is 13.2 Å². The van der Waals surface area contributed by atoms with E-state index in [9.17, 15) is 4.79 Å². The van der Waals surface area contributed by atoms with E-state index in [0.29, 0.717) is 6.54 Å². The molecule has 0 aromatic carbocycles. The maximum Gasteiger partial charge on any atom is 0.253 e. The zero-order valence-corrected chi connectivity index (χ0v) is 15.6. The zero-order valence-electron chi connectivity index (χ0n) is 15.6. The van der Waals surface area contributed by atoms with Gasteiger partial charge in [0.25, 0.3) is 5.91 Å². The van der Waals surface area contributed by atoms with Gasteiger partial charge in [-0.1, -0.05) is 0 Å². The van der Waals surface area contributed by atoms with Crippen LogP contribution in [0.1, 0.15) is 53.4 Å². The van der Waals surface area contributed by atoms with Crippen LogP contribution in [0.5, 0.6) is 0 Å². The zero-order chi connectivity index (χ0) is 18.0. The Bertz CT molecular complexity index is 747. The molecule has 1 amide bonds. The maximum absolute atomic E-state index is 12.7. The molecule has 2 atom stereocenters. The number of amides is 1. The number of ether oxygens (including phenoxy) is 1. The monoisotopic (exact) mass is 344 g/mol. The molecule has 1 fully saturated rings. The summed E-state index contributed by atoms with van der Waals surface area (Å²) < 4.78 is 10.1. The molecule has 136 valence electrons. The highest BCUT2D eigenvalue weighted by Crippen LogP contribution is 2.32. The molecule has 0 spiro atoms. The topological polar surface area (TPSA) is 61.1 Å². The summed E-state index contributed by atoms with van der Waals surface area (Å²) in [6.45, 7) is 8.37. The van der Waals surface area contributed by atoms with Crippen LogP contribution in [0.25, 0.3) is 0 Å². The Morgan fingerprint density at radius 1 is 1.44 bits per heavy atom. The smallest absolute Gasteiger partial charge is 0.253 e. The van der Waals surface area contributed by atoms with Crippen molar-refractivity contribution in [2.24, 2.45) is 13.0 Å². The fraction of sp³-hybridized carbons (Fsp3) is 0.579. The van der Waals surface area contributed by atoms with Gasteiger partial charge in [0, 0.05) is 56.4 Å². The Kier molecular flexibility index (Phi) is 5.27. The van der Waals surface area contributed by atoms with Crippen molar-refractivity contribution in [1.82, 2.24) is 19.4 Å². The molecular weight excluding hydrogens is 316 g/mol. The Morgan fingerprint density at radius 3 is 2.88 bits per heavy atom. The van der Waals surface area contributed by atoms with E-state index in [1.54, 1.807) is 6.20 Å². The predicted octanol–water partition coefficient (Wildman–Crippen LogP) is 2.76. The van der Waals surface area contributed by atoms with Crippen LogP contribution in [-0.4, -0.2) is 33.2 Å². The highest BCUT2D eigenvalue weighted by Gasteiger charge is 2.30. The van der Waals surface area contributed by atoms with Crippen LogP contribution >= 0.6 is 0 Å². The lowest BCUT2D eigenvalue weighted by Gasteiger charge is -2.31. The average Bonchev–Trinajstić information content (AvgIpc) is 3.15. The van der Waals surface area contributed by atoms with Gasteiger partial charge in [0.05, 0.1) is 5.56 Å². The Labute approximate surface area is 149 Å². The lowest BCUT2D eigenvalue weighted by atomic mass is 9.93. The molecule has 1 aliphatic rings. The Hall–Kier alpha value is -2.08. The van der Waals surface area contributed by atoms with E-state index in [0.717, 1.165) is 48.8 Å². The van der Waals surface area contributed by atoms with Crippen molar-refractivity contribution in [1.29, 1.82) is 0 Å². The van der Waals surface area contributed by atoms with Gasteiger partial charge in [-0.3, -0.25) is 4.79 Å². The van der Waals surface area contributed by atoms with Crippen LogP contribution < -0.4 is 5.32 Å². The Balaban J connectivity index is 1.69. The second-order valence-electron chi connectivity index (χ2n) is 6.83. The molecule has 6 nitrogen and oxygen atoms in total. The first-order valence-corrected chi connectivity index (χ1v) is 9.06. The molecule has 25 heavy (non-hydrogen) atoms. The van der Waals surface area contributed by atoms with Crippen LogP contribution in [0.3, 0.4) is 0 Å². The summed E-state index contributed by atoms with van der Waals surface area (Å²) >= 11 is 0. The van der Waals surface area contributed by atoms with Crippen LogP contribution in [0.4, 0.5) is 0 Å². The number of hydrogen-bond acceptors (Lipinski definition) is 3. The highest BCUT2D eigenvalue weighted by atomic mass is 16.5. The molecule has 0 radical (unpaired) electrons. The average molecular weight is 344 g/mol. The molecule has 1 N–H and O–H groups in total. The number of aromatic nitrogens is 3. The van der Waals surface area contributed by atoms with Gasteiger partial charge in [0.1, 0.15) is 11.9 Å². The third-order valence-corrected chi connectivity index (χ3v) is 5.22. The molecule has 1 saturated heterocycles. The standard InChI is InChI=1S/C19H28N4O2/c1-5-23-13(2)11-16(14(23)3)19(24)21-12-15-7-6-10-25-17(15)18-20-8-9-22(18)4/h8-9,11,15,17H,5-7,10,12H2,1-4H3,(H,21,24)/t15-,17+/m0/s1. The molecule has 2 aromatic rings. The lowest BCUT2D eigenvalue weighted by molar-refractivity contribution is -0.0337. The molecule has 0 bridgehead atoms. The number of carbonyl (C=O) groups excluding carboxylic acids is 1. The normalized spacial score (nSPS) is 20.6. The summed E-state index contributed by atoms with van der Waals surface area (Å²) in [6, 6.07) is 1.97. The molecule has 6 heteroatoms. The fourth-order valence-corrected chi connectivity index (χ4v) is 3.83. The molecule has 3 heterocycles. The molecule has 2 aromatic heterocycles. The summed E-state index contributed by atoms with van der Waals surface area (Å²) in [5.41, 5.74) is 2.92. The van der Waals surface area contributed by atoms with Gasteiger partial charge < -0.3 is 19.2 Å². The first kappa shape index (κ1) is 17.7. The van der Waals surface area contributed by atoms with Crippen molar-refractivity contribution in [3.63, 3.8) is 0 Å². The van der Waals surface area contributed by atoms with Crippen LogP contribution in [0.2, 0.25) is 0 Å². The van der Waals surface area contributed by atoms with Gasteiger partial charge >= 0.3 is 0 Å². The number of carbonyl (C=O) groups is 1. The lowest BCUT2D eigenvalue weighted by Crippen LogP contribution is -2.36. The van der Waals surface area contributed by atoms with Crippen molar-refractivity contribution in [3.05, 3.63) is 41.2 Å². The summed E-state index contributed by atoms with van der Waals surface area (Å²) in [5.74, 6) is 1.17. The van der Waals surface area contributed by atoms with Gasteiger partial charge in [-0.15, -0.1) is 0 Å². The number of imidazole rings is 1. The molecule has 0 unspecified atom stereocenters. The largest absolute Gasteiger partial charge is 0.370 e. The number of aryl methyl sites for hydroxylation is 2. The maximum atomic E-state index is 12.7. The number of nitrogens with zero attached hydrogens (tertiary/aromatic N) is 3. The van der Waals surface area contributed by atoms with Crippen LogP contribution in [0, 0.1) is 19.8 Å². The third-order valence-electron chi connectivity index (χ3n) is 5.22. The minimum atomic E-state index is -0.0582. The summed E-state index contributed by atoms with van der Waals surface area (Å²) in [5, 5.41) is 3.12. The van der Waals surface area contributed by atoms with Gasteiger partial charge in [-0.25, -0.2) is 4.98 Å².